The standard InChI is InChI=1S/C39H41N5O3/c1-27(31-16-10-28(11-17-31)24-42-22-6-7-23-42)44-37-34-8-4-5-9-35(34)40-38(36(37)41-39(44)45)43(25-29-12-18-32(46-2)19-13-29)26-30-14-20-33(47-3)21-15-30/h4-5,8-21,27H,6-7,22-26H2,1-3H3,(H,41,45). The minimum absolute atomic E-state index is 0.151. The average Bonchev–Trinajstić information content (AvgIpc) is 3.75. The molecule has 0 bridgehead atoms. The van der Waals surface area contributed by atoms with Gasteiger partial charge in [-0.1, -0.05) is 66.7 Å². The van der Waals surface area contributed by atoms with Gasteiger partial charge >= 0.3 is 5.69 Å². The van der Waals surface area contributed by atoms with Crippen molar-refractivity contribution in [3.05, 3.63) is 130 Å². The zero-order valence-corrected chi connectivity index (χ0v) is 27.3. The Morgan fingerprint density at radius 2 is 1.36 bits per heavy atom. The Labute approximate surface area is 275 Å². The van der Waals surface area contributed by atoms with Crippen LogP contribution in [0.4, 0.5) is 5.82 Å². The molecule has 1 N–H and O–H groups in total. The second-order valence-corrected chi connectivity index (χ2v) is 12.4. The Hall–Kier alpha value is -5.08. The van der Waals surface area contributed by atoms with E-state index in [-0.39, 0.29) is 11.7 Å². The van der Waals surface area contributed by atoms with Gasteiger partial charge in [0.1, 0.15) is 17.0 Å². The summed E-state index contributed by atoms with van der Waals surface area (Å²) in [6.07, 6.45) is 2.56. The third-order valence-electron chi connectivity index (χ3n) is 9.36. The number of anilines is 1. The summed E-state index contributed by atoms with van der Waals surface area (Å²) in [6.45, 7) is 6.57. The highest BCUT2D eigenvalue weighted by molar-refractivity contribution is 6.07. The highest BCUT2D eigenvalue weighted by atomic mass is 16.5. The molecule has 1 saturated heterocycles. The molecule has 1 atom stereocenters. The van der Waals surface area contributed by atoms with Gasteiger partial charge in [0.25, 0.3) is 0 Å². The average molecular weight is 628 g/mol. The SMILES string of the molecule is COc1ccc(CN(Cc2ccc(OC)cc2)c2nc3ccccc3c3c2[nH]c(=O)n3C(C)c2ccc(CN3CCCC3)cc2)cc1. The molecule has 7 rings (SSSR count). The summed E-state index contributed by atoms with van der Waals surface area (Å²) in [5.74, 6) is 2.34. The molecule has 0 aliphatic carbocycles. The maximum absolute atomic E-state index is 14.0. The number of nitrogens with one attached hydrogen (secondary N) is 1. The number of imidazole rings is 1. The molecule has 47 heavy (non-hydrogen) atoms. The molecule has 2 aromatic heterocycles. The van der Waals surface area contributed by atoms with Crippen LogP contribution in [0, 0.1) is 0 Å². The number of nitrogens with zero attached hydrogens (tertiary/aromatic N) is 4. The van der Waals surface area contributed by atoms with Crippen molar-refractivity contribution in [1.29, 1.82) is 0 Å². The van der Waals surface area contributed by atoms with E-state index in [9.17, 15) is 4.79 Å². The van der Waals surface area contributed by atoms with Crippen molar-refractivity contribution in [1.82, 2.24) is 19.4 Å². The molecule has 8 heteroatoms. The molecule has 3 heterocycles. The minimum atomic E-state index is -0.188. The first-order valence-electron chi connectivity index (χ1n) is 16.4. The molecule has 6 aromatic rings. The van der Waals surface area contributed by atoms with Crippen molar-refractivity contribution in [3.63, 3.8) is 0 Å². The number of aromatic nitrogens is 3. The van der Waals surface area contributed by atoms with Crippen molar-refractivity contribution in [3.8, 4) is 11.5 Å². The Bertz CT molecular complexity index is 1980. The van der Waals surface area contributed by atoms with Gasteiger partial charge in [0.15, 0.2) is 5.82 Å². The van der Waals surface area contributed by atoms with E-state index in [0.29, 0.717) is 13.1 Å². The van der Waals surface area contributed by atoms with E-state index in [4.69, 9.17) is 14.5 Å². The quantitative estimate of drug-likeness (QED) is 0.162. The molecule has 1 aliphatic heterocycles. The van der Waals surface area contributed by atoms with Crippen LogP contribution in [0.3, 0.4) is 0 Å². The molecule has 1 unspecified atom stereocenters. The van der Waals surface area contributed by atoms with Crippen LogP contribution in [0.15, 0.2) is 102 Å². The number of benzene rings is 4. The van der Waals surface area contributed by atoms with Crippen molar-refractivity contribution in [2.24, 2.45) is 0 Å². The predicted octanol–water partition coefficient (Wildman–Crippen LogP) is 7.31. The van der Waals surface area contributed by atoms with Gasteiger partial charge in [0, 0.05) is 25.0 Å². The van der Waals surface area contributed by atoms with Gasteiger partial charge in [0.2, 0.25) is 0 Å². The second kappa shape index (κ2) is 13.3. The summed E-state index contributed by atoms with van der Waals surface area (Å²) < 4.78 is 12.7. The fourth-order valence-corrected chi connectivity index (χ4v) is 6.77. The number of methoxy groups -OCH3 is 2. The van der Waals surface area contributed by atoms with E-state index in [2.05, 4.69) is 76.3 Å². The van der Waals surface area contributed by atoms with Gasteiger partial charge in [-0.15, -0.1) is 0 Å². The summed E-state index contributed by atoms with van der Waals surface area (Å²) in [6, 6.07) is 32.8. The molecule has 0 saturated carbocycles. The Morgan fingerprint density at radius 3 is 1.96 bits per heavy atom. The molecule has 0 spiro atoms. The largest absolute Gasteiger partial charge is 0.497 e. The van der Waals surface area contributed by atoms with E-state index >= 15 is 0 Å². The first-order chi connectivity index (χ1) is 23.0. The first kappa shape index (κ1) is 30.6. The third-order valence-corrected chi connectivity index (χ3v) is 9.36. The first-order valence-corrected chi connectivity index (χ1v) is 16.4. The number of pyridine rings is 1. The zero-order chi connectivity index (χ0) is 32.3. The van der Waals surface area contributed by atoms with Crippen LogP contribution in [0.5, 0.6) is 11.5 Å². The van der Waals surface area contributed by atoms with Crippen molar-refractivity contribution < 1.29 is 9.47 Å². The van der Waals surface area contributed by atoms with E-state index in [1.807, 2.05) is 47.0 Å². The van der Waals surface area contributed by atoms with E-state index in [0.717, 1.165) is 62.5 Å². The Morgan fingerprint density at radius 1 is 0.787 bits per heavy atom. The molecule has 1 fully saturated rings. The molecular formula is C39H41N5O3. The van der Waals surface area contributed by atoms with Crippen LogP contribution >= 0.6 is 0 Å². The molecule has 0 amide bonds. The number of rotatable bonds is 11. The van der Waals surface area contributed by atoms with Crippen LogP contribution in [0.25, 0.3) is 21.9 Å². The van der Waals surface area contributed by atoms with Gasteiger partial charge in [-0.05, 0) is 85.4 Å². The van der Waals surface area contributed by atoms with Crippen LogP contribution < -0.4 is 20.1 Å². The molecule has 8 nitrogen and oxygen atoms in total. The number of ether oxygens (including phenoxy) is 2. The van der Waals surface area contributed by atoms with E-state index < -0.39 is 0 Å². The lowest BCUT2D eigenvalue weighted by atomic mass is 10.0. The van der Waals surface area contributed by atoms with Crippen LogP contribution in [0.1, 0.15) is 48.1 Å². The van der Waals surface area contributed by atoms with Gasteiger partial charge in [-0.3, -0.25) is 9.47 Å². The van der Waals surface area contributed by atoms with Gasteiger partial charge in [-0.2, -0.15) is 0 Å². The maximum Gasteiger partial charge on any atom is 0.327 e. The number of likely N-dealkylation sites (tertiary alicyclic amines) is 1. The molecule has 1 aliphatic rings. The van der Waals surface area contributed by atoms with E-state index in [1.54, 1.807) is 14.2 Å². The number of H-pyrrole nitrogens is 1. The van der Waals surface area contributed by atoms with Crippen molar-refractivity contribution in [2.45, 2.75) is 45.4 Å². The third kappa shape index (κ3) is 6.33. The van der Waals surface area contributed by atoms with Gasteiger partial charge < -0.3 is 19.4 Å². The number of aromatic amines is 1. The smallest absolute Gasteiger partial charge is 0.327 e. The Kier molecular flexibility index (Phi) is 8.68. The molecular weight excluding hydrogens is 586 g/mol. The van der Waals surface area contributed by atoms with Crippen LogP contribution in [-0.4, -0.2) is 46.7 Å². The second-order valence-electron chi connectivity index (χ2n) is 12.4. The Balaban J connectivity index is 1.32. The van der Waals surface area contributed by atoms with Gasteiger partial charge in [0.05, 0.1) is 31.3 Å². The van der Waals surface area contributed by atoms with Crippen LogP contribution in [0.2, 0.25) is 0 Å². The van der Waals surface area contributed by atoms with E-state index in [1.165, 1.54) is 31.5 Å². The molecule has 0 radical (unpaired) electrons. The normalized spacial score (nSPS) is 14.1. The highest BCUT2D eigenvalue weighted by Crippen LogP contribution is 2.34. The van der Waals surface area contributed by atoms with Gasteiger partial charge in [-0.25, -0.2) is 9.78 Å². The lowest BCUT2D eigenvalue weighted by molar-refractivity contribution is 0.331. The predicted molar refractivity (Wildman–Crippen MR) is 189 cm³/mol. The monoisotopic (exact) mass is 627 g/mol. The maximum atomic E-state index is 14.0. The number of hydrogen-bond acceptors (Lipinski definition) is 6. The zero-order valence-electron chi connectivity index (χ0n) is 27.3. The molecule has 240 valence electrons. The summed E-state index contributed by atoms with van der Waals surface area (Å²) in [7, 11) is 3.34. The lowest BCUT2D eigenvalue weighted by Gasteiger charge is -2.26. The fraction of sp³-hybridized carbons (Fsp3) is 0.282. The summed E-state index contributed by atoms with van der Waals surface area (Å²) in [5, 5.41) is 0.941. The summed E-state index contributed by atoms with van der Waals surface area (Å²) >= 11 is 0. The molecule has 4 aromatic carbocycles. The topological polar surface area (TPSA) is 75.6 Å². The lowest BCUT2D eigenvalue weighted by Crippen LogP contribution is -2.23. The van der Waals surface area contributed by atoms with Crippen molar-refractivity contribution >= 4 is 27.8 Å². The summed E-state index contributed by atoms with van der Waals surface area (Å²) in [5.41, 5.74) is 6.88. The number of fused-ring (bicyclic) bond motifs is 3. The minimum Gasteiger partial charge on any atom is -0.497 e. The highest BCUT2D eigenvalue weighted by Gasteiger charge is 2.24. The number of para-hydroxylation sites is 1. The van der Waals surface area contributed by atoms with Crippen LogP contribution in [-0.2, 0) is 19.6 Å². The van der Waals surface area contributed by atoms with Crippen molar-refractivity contribution in [2.75, 3.05) is 32.2 Å². The summed E-state index contributed by atoms with van der Waals surface area (Å²) in [4.78, 5) is 27.1. The fourth-order valence-electron chi connectivity index (χ4n) is 6.77. The number of hydrogen-bond donors (Lipinski definition) is 1.